The number of carbonyl (C=O) groups excluding carboxylic acids is 2. The smallest absolute Gasteiger partial charge is 0.319 e. The van der Waals surface area contributed by atoms with Crippen LogP contribution in [0.4, 0.5) is 4.79 Å². The number of hydrogen-bond donors (Lipinski definition) is 1. The number of aromatic nitrogens is 3. The van der Waals surface area contributed by atoms with E-state index in [1.165, 1.54) is 12.8 Å². The van der Waals surface area contributed by atoms with Crippen LogP contribution in [-0.4, -0.2) is 69.6 Å². The van der Waals surface area contributed by atoms with Gasteiger partial charge in [0.2, 0.25) is 0 Å². The summed E-state index contributed by atoms with van der Waals surface area (Å²) in [6, 6.07) is 3.93. The number of amides is 3. The van der Waals surface area contributed by atoms with Crippen molar-refractivity contribution in [3.63, 3.8) is 0 Å². The molecule has 0 bridgehead atoms. The Bertz CT molecular complexity index is 855. The molecule has 0 radical (unpaired) electrons. The van der Waals surface area contributed by atoms with Crippen molar-refractivity contribution in [2.24, 2.45) is 0 Å². The van der Waals surface area contributed by atoms with Gasteiger partial charge in [0.05, 0.1) is 5.56 Å². The van der Waals surface area contributed by atoms with Crippen molar-refractivity contribution in [1.29, 1.82) is 0 Å². The van der Waals surface area contributed by atoms with Crippen molar-refractivity contribution in [2.45, 2.75) is 44.1 Å². The number of carbonyl (C=O) groups is 2. The number of rotatable bonds is 3. The zero-order chi connectivity index (χ0) is 19.0. The minimum atomic E-state index is -0.0423. The molecule has 3 heterocycles. The molecule has 3 amide bonds. The molecule has 1 unspecified atom stereocenters. The first-order valence-corrected chi connectivity index (χ1v) is 9.64. The van der Waals surface area contributed by atoms with Crippen LogP contribution >= 0.6 is 0 Å². The highest BCUT2D eigenvalue weighted by Crippen LogP contribution is 2.27. The van der Waals surface area contributed by atoms with E-state index in [1.807, 2.05) is 21.6 Å². The highest BCUT2D eigenvalue weighted by atomic mass is 16.2. The monoisotopic (exact) mass is 370 g/mol. The van der Waals surface area contributed by atoms with E-state index in [2.05, 4.69) is 15.5 Å². The highest BCUT2D eigenvalue weighted by Gasteiger charge is 2.31. The molecule has 2 aromatic heterocycles. The van der Waals surface area contributed by atoms with Gasteiger partial charge < -0.3 is 15.1 Å². The fraction of sp³-hybridized carbons (Fsp3) is 0.579. The minimum absolute atomic E-state index is 0.0166. The zero-order valence-electron chi connectivity index (χ0n) is 15.9. The van der Waals surface area contributed by atoms with Gasteiger partial charge in [-0.25, -0.2) is 4.79 Å². The van der Waals surface area contributed by atoms with Crippen molar-refractivity contribution in [1.82, 2.24) is 29.7 Å². The molecule has 1 aliphatic heterocycles. The topological polar surface area (TPSA) is 82.8 Å². The van der Waals surface area contributed by atoms with Crippen LogP contribution in [0.15, 0.2) is 18.3 Å². The van der Waals surface area contributed by atoms with Crippen LogP contribution in [0.5, 0.6) is 0 Å². The molecular formula is C19H26N6O2. The molecule has 1 saturated carbocycles. The highest BCUT2D eigenvalue weighted by molar-refractivity contribution is 5.94. The Labute approximate surface area is 158 Å². The van der Waals surface area contributed by atoms with Gasteiger partial charge in [-0.3, -0.25) is 9.20 Å². The van der Waals surface area contributed by atoms with Crippen LogP contribution in [0.1, 0.15) is 54.2 Å². The fourth-order valence-corrected chi connectivity index (χ4v) is 4.09. The van der Waals surface area contributed by atoms with Crippen molar-refractivity contribution >= 4 is 17.6 Å². The van der Waals surface area contributed by atoms with E-state index in [1.54, 1.807) is 25.1 Å². The Hall–Kier alpha value is -2.64. The molecule has 0 spiro atoms. The van der Waals surface area contributed by atoms with E-state index in [9.17, 15) is 9.59 Å². The second-order valence-electron chi connectivity index (χ2n) is 7.77. The number of nitrogens with one attached hydrogen (secondary N) is 1. The standard InChI is InChI=1S/C19H26N6O2/c1-23(2)19(27)24-10-9-13(11-24)17-22-21-16-8-7-14(12-25(16)17)18(26)20-15-5-3-4-6-15/h7-8,12-13,15H,3-6,9-11H2,1-2H3,(H,20,26). The number of hydrogen-bond acceptors (Lipinski definition) is 4. The molecule has 27 heavy (non-hydrogen) atoms. The molecule has 0 aromatic carbocycles. The van der Waals surface area contributed by atoms with E-state index in [0.717, 1.165) is 30.7 Å². The van der Waals surface area contributed by atoms with Gasteiger partial charge in [0.25, 0.3) is 5.91 Å². The molecule has 1 aliphatic carbocycles. The van der Waals surface area contributed by atoms with Gasteiger partial charge in [0.1, 0.15) is 5.82 Å². The van der Waals surface area contributed by atoms with Gasteiger partial charge in [-0.2, -0.15) is 0 Å². The average Bonchev–Trinajstić information content (AvgIpc) is 3.40. The van der Waals surface area contributed by atoms with Crippen molar-refractivity contribution in [3.05, 3.63) is 29.7 Å². The Morgan fingerprint density at radius 3 is 2.67 bits per heavy atom. The number of urea groups is 1. The second-order valence-corrected chi connectivity index (χ2v) is 7.77. The van der Waals surface area contributed by atoms with E-state index >= 15 is 0 Å². The van der Waals surface area contributed by atoms with Gasteiger partial charge in [-0.05, 0) is 31.4 Å². The third kappa shape index (κ3) is 3.48. The van der Waals surface area contributed by atoms with Crippen molar-refractivity contribution < 1.29 is 9.59 Å². The van der Waals surface area contributed by atoms with Crippen molar-refractivity contribution in [3.8, 4) is 0 Å². The van der Waals surface area contributed by atoms with Crippen LogP contribution in [0.3, 0.4) is 0 Å². The third-order valence-corrected chi connectivity index (χ3v) is 5.59. The number of pyridine rings is 1. The largest absolute Gasteiger partial charge is 0.349 e. The molecule has 144 valence electrons. The summed E-state index contributed by atoms with van der Waals surface area (Å²) in [5, 5.41) is 11.7. The van der Waals surface area contributed by atoms with Crippen LogP contribution in [0, 0.1) is 0 Å². The SMILES string of the molecule is CN(C)C(=O)N1CCC(c2nnc3ccc(C(=O)NC4CCCC4)cn23)C1. The summed E-state index contributed by atoms with van der Waals surface area (Å²) in [6.45, 7) is 1.33. The van der Waals surface area contributed by atoms with Crippen LogP contribution in [0.25, 0.3) is 5.65 Å². The van der Waals surface area contributed by atoms with Gasteiger partial charge >= 0.3 is 6.03 Å². The summed E-state index contributed by atoms with van der Waals surface area (Å²) in [5.74, 6) is 0.894. The lowest BCUT2D eigenvalue weighted by Crippen LogP contribution is -2.37. The van der Waals surface area contributed by atoms with Crippen molar-refractivity contribution in [2.75, 3.05) is 27.2 Å². The first-order valence-electron chi connectivity index (χ1n) is 9.64. The van der Waals surface area contributed by atoms with Gasteiger partial charge in [-0.1, -0.05) is 12.8 Å². The molecule has 8 nitrogen and oxygen atoms in total. The predicted molar refractivity (Wildman–Crippen MR) is 101 cm³/mol. The molecule has 8 heteroatoms. The number of likely N-dealkylation sites (tertiary alicyclic amines) is 1. The lowest BCUT2D eigenvalue weighted by Gasteiger charge is -2.21. The van der Waals surface area contributed by atoms with E-state index in [4.69, 9.17) is 0 Å². The third-order valence-electron chi connectivity index (χ3n) is 5.59. The zero-order valence-corrected chi connectivity index (χ0v) is 15.9. The molecule has 4 rings (SSSR count). The van der Waals surface area contributed by atoms with E-state index in [0.29, 0.717) is 18.7 Å². The van der Waals surface area contributed by atoms with Crippen LogP contribution < -0.4 is 5.32 Å². The minimum Gasteiger partial charge on any atom is -0.349 e. The summed E-state index contributed by atoms with van der Waals surface area (Å²) >= 11 is 0. The summed E-state index contributed by atoms with van der Waals surface area (Å²) in [6.07, 6.45) is 7.16. The molecule has 2 fully saturated rings. The van der Waals surface area contributed by atoms with Crippen LogP contribution in [0.2, 0.25) is 0 Å². The summed E-state index contributed by atoms with van der Waals surface area (Å²) in [5.41, 5.74) is 1.34. The van der Waals surface area contributed by atoms with Gasteiger partial charge in [0.15, 0.2) is 5.65 Å². The lowest BCUT2D eigenvalue weighted by atomic mass is 10.1. The first-order chi connectivity index (χ1) is 13.0. The molecule has 1 saturated heterocycles. The lowest BCUT2D eigenvalue weighted by molar-refractivity contribution is 0.0937. The molecule has 2 aliphatic rings. The van der Waals surface area contributed by atoms with Gasteiger partial charge in [0, 0.05) is 45.3 Å². The maximum atomic E-state index is 12.6. The predicted octanol–water partition coefficient (Wildman–Crippen LogP) is 1.87. The summed E-state index contributed by atoms with van der Waals surface area (Å²) in [4.78, 5) is 28.2. The normalized spacial score (nSPS) is 20.4. The Kier molecular flexibility index (Phi) is 4.72. The fourth-order valence-electron chi connectivity index (χ4n) is 4.09. The summed E-state index contributed by atoms with van der Waals surface area (Å²) in [7, 11) is 3.52. The molecule has 1 atom stereocenters. The average molecular weight is 370 g/mol. The quantitative estimate of drug-likeness (QED) is 0.894. The van der Waals surface area contributed by atoms with Crippen LogP contribution in [-0.2, 0) is 0 Å². The molecule has 2 aromatic rings. The van der Waals surface area contributed by atoms with Gasteiger partial charge in [-0.15, -0.1) is 10.2 Å². The Morgan fingerprint density at radius 2 is 1.93 bits per heavy atom. The number of fused-ring (bicyclic) bond motifs is 1. The maximum absolute atomic E-state index is 12.6. The number of nitrogens with zero attached hydrogens (tertiary/aromatic N) is 5. The molecular weight excluding hydrogens is 344 g/mol. The Morgan fingerprint density at radius 1 is 1.15 bits per heavy atom. The van der Waals surface area contributed by atoms with E-state index < -0.39 is 0 Å². The first kappa shape index (κ1) is 17.8. The maximum Gasteiger partial charge on any atom is 0.319 e. The second kappa shape index (κ2) is 7.17. The Balaban J connectivity index is 1.54. The molecule has 1 N–H and O–H groups in total. The summed E-state index contributed by atoms with van der Waals surface area (Å²) < 4.78 is 1.90. The van der Waals surface area contributed by atoms with E-state index in [-0.39, 0.29) is 23.9 Å².